The Morgan fingerprint density at radius 3 is 2.58 bits per heavy atom. The Labute approximate surface area is 77.1 Å². The van der Waals surface area contributed by atoms with Crippen LogP contribution in [0.1, 0.15) is 46.5 Å². The van der Waals surface area contributed by atoms with Gasteiger partial charge in [-0.25, -0.2) is 0 Å². The lowest BCUT2D eigenvalue weighted by atomic mass is 9.71. The van der Waals surface area contributed by atoms with Gasteiger partial charge in [-0.2, -0.15) is 0 Å². The molecular weight excluding hydrogens is 144 g/mol. The van der Waals surface area contributed by atoms with Crippen LogP contribution in [0.25, 0.3) is 0 Å². The first-order valence-corrected chi connectivity index (χ1v) is 5.30. The Hall–Kier alpha value is -0.260. The molecular formula is C12H22. The molecule has 0 aliphatic heterocycles. The molecule has 0 heterocycles. The van der Waals surface area contributed by atoms with Crippen LogP contribution in [-0.2, 0) is 0 Å². The minimum Gasteiger partial charge on any atom is -0.0999 e. The summed E-state index contributed by atoms with van der Waals surface area (Å²) in [5.41, 5.74) is 1.41. The summed E-state index contributed by atoms with van der Waals surface area (Å²) in [6.45, 7) is 11.0. The molecule has 70 valence electrons. The Bertz CT molecular complexity index is 157. The van der Waals surface area contributed by atoms with Crippen molar-refractivity contribution in [3.8, 4) is 0 Å². The molecule has 0 bridgehead atoms. The average Bonchev–Trinajstić information content (AvgIpc) is 2.03. The van der Waals surface area contributed by atoms with E-state index in [4.69, 9.17) is 0 Å². The Balaban J connectivity index is 2.56. The highest BCUT2D eigenvalue weighted by Gasteiger charge is 2.27. The van der Waals surface area contributed by atoms with Gasteiger partial charge in [-0.1, -0.05) is 38.8 Å². The van der Waals surface area contributed by atoms with Crippen LogP contribution in [0.5, 0.6) is 0 Å². The molecule has 1 fully saturated rings. The Morgan fingerprint density at radius 2 is 2.08 bits per heavy atom. The van der Waals surface area contributed by atoms with E-state index in [1.807, 2.05) is 0 Å². The lowest BCUT2D eigenvalue weighted by Crippen LogP contribution is -2.23. The molecule has 3 atom stereocenters. The van der Waals surface area contributed by atoms with E-state index in [9.17, 15) is 0 Å². The van der Waals surface area contributed by atoms with E-state index < -0.39 is 0 Å². The predicted octanol–water partition coefficient (Wildman–Crippen LogP) is 4.02. The standard InChI is InChI=1S/C12H22/c1-5-11-8-10(4)6-7-12(11)9(2)3/h10-12H,2,5-8H2,1,3-4H3/t10-,11-,12+/m0/s1. The van der Waals surface area contributed by atoms with Crippen molar-refractivity contribution in [2.75, 3.05) is 0 Å². The summed E-state index contributed by atoms with van der Waals surface area (Å²) in [5.74, 6) is 2.70. The quantitative estimate of drug-likeness (QED) is 0.543. The van der Waals surface area contributed by atoms with Crippen LogP contribution in [0.4, 0.5) is 0 Å². The van der Waals surface area contributed by atoms with E-state index in [2.05, 4.69) is 27.4 Å². The molecule has 0 saturated heterocycles. The zero-order chi connectivity index (χ0) is 9.14. The first-order chi connectivity index (χ1) is 5.65. The summed E-state index contributed by atoms with van der Waals surface area (Å²) >= 11 is 0. The summed E-state index contributed by atoms with van der Waals surface area (Å²) in [7, 11) is 0. The van der Waals surface area contributed by atoms with Gasteiger partial charge in [0.1, 0.15) is 0 Å². The second kappa shape index (κ2) is 4.11. The fraction of sp³-hybridized carbons (Fsp3) is 0.833. The summed E-state index contributed by atoms with van der Waals surface area (Å²) in [6, 6.07) is 0. The molecule has 0 amide bonds. The third-order valence-electron chi connectivity index (χ3n) is 3.40. The average molecular weight is 166 g/mol. The van der Waals surface area contributed by atoms with Gasteiger partial charge in [0, 0.05) is 0 Å². The van der Waals surface area contributed by atoms with E-state index in [1.165, 1.54) is 31.3 Å². The normalized spacial score (nSPS) is 36.4. The van der Waals surface area contributed by atoms with Crippen molar-refractivity contribution in [2.45, 2.75) is 46.5 Å². The van der Waals surface area contributed by atoms with Crippen LogP contribution in [-0.4, -0.2) is 0 Å². The summed E-state index contributed by atoms with van der Waals surface area (Å²) in [6.07, 6.45) is 5.55. The van der Waals surface area contributed by atoms with E-state index in [-0.39, 0.29) is 0 Å². The third-order valence-corrected chi connectivity index (χ3v) is 3.40. The van der Waals surface area contributed by atoms with E-state index in [0.29, 0.717) is 0 Å². The maximum Gasteiger partial charge on any atom is -0.0180 e. The fourth-order valence-electron chi connectivity index (χ4n) is 2.60. The fourth-order valence-corrected chi connectivity index (χ4v) is 2.60. The van der Waals surface area contributed by atoms with Crippen LogP contribution in [0, 0.1) is 17.8 Å². The largest absolute Gasteiger partial charge is 0.0999 e. The molecule has 0 N–H and O–H groups in total. The molecule has 1 aliphatic carbocycles. The first kappa shape index (κ1) is 9.83. The van der Waals surface area contributed by atoms with Crippen molar-refractivity contribution in [3.63, 3.8) is 0 Å². The molecule has 1 rings (SSSR count). The van der Waals surface area contributed by atoms with Gasteiger partial charge in [0.05, 0.1) is 0 Å². The van der Waals surface area contributed by atoms with Gasteiger partial charge in [-0.05, 0) is 37.5 Å². The maximum absolute atomic E-state index is 4.10. The zero-order valence-electron chi connectivity index (χ0n) is 8.77. The number of hydrogen-bond donors (Lipinski definition) is 0. The van der Waals surface area contributed by atoms with Gasteiger partial charge in [-0.15, -0.1) is 0 Å². The maximum atomic E-state index is 4.10. The van der Waals surface area contributed by atoms with Crippen LogP contribution in [0.15, 0.2) is 12.2 Å². The smallest absolute Gasteiger partial charge is 0.0180 e. The molecule has 1 saturated carbocycles. The van der Waals surface area contributed by atoms with Gasteiger partial charge in [-0.3, -0.25) is 0 Å². The number of rotatable bonds is 2. The minimum atomic E-state index is 0.825. The molecule has 0 spiro atoms. The Kier molecular flexibility index (Phi) is 3.37. The highest BCUT2D eigenvalue weighted by Crippen LogP contribution is 2.38. The molecule has 0 nitrogen and oxygen atoms in total. The molecule has 0 radical (unpaired) electrons. The van der Waals surface area contributed by atoms with Gasteiger partial charge in [0.2, 0.25) is 0 Å². The molecule has 0 aromatic rings. The monoisotopic (exact) mass is 166 g/mol. The topological polar surface area (TPSA) is 0 Å². The van der Waals surface area contributed by atoms with Crippen molar-refractivity contribution < 1.29 is 0 Å². The van der Waals surface area contributed by atoms with E-state index in [1.54, 1.807) is 0 Å². The lowest BCUT2D eigenvalue weighted by molar-refractivity contribution is 0.211. The highest BCUT2D eigenvalue weighted by molar-refractivity contribution is 5.00. The summed E-state index contributed by atoms with van der Waals surface area (Å²) in [4.78, 5) is 0. The molecule has 0 aromatic carbocycles. The van der Waals surface area contributed by atoms with Gasteiger partial charge < -0.3 is 0 Å². The predicted molar refractivity (Wildman–Crippen MR) is 55.1 cm³/mol. The number of allylic oxidation sites excluding steroid dienone is 1. The van der Waals surface area contributed by atoms with Crippen LogP contribution in [0.2, 0.25) is 0 Å². The number of hydrogen-bond acceptors (Lipinski definition) is 0. The molecule has 0 heteroatoms. The van der Waals surface area contributed by atoms with E-state index in [0.717, 1.165) is 17.8 Å². The molecule has 12 heavy (non-hydrogen) atoms. The summed E-state index contributed by atoms with van der Waals surface area (Å²) in [5, 5.41) is 0. The molecule has 0 aromatic heterocycles. The second-order valence-corrected chi connectivity index (χ2v) is 4.54. The SMILES string of the molecule is C=C(C)[C@H]1CC[C@H](C)C[C@@H]1CC. The van der Waals surface area contributed by atoms with Crippen LogP contribution < -0.4 is 0 Å². The third kappa shape index (κ3) is 2.12. The molecule has 0 unspecified atom stereocenters. The van der Waals surface area contributed by atoms with Crippen molar-refractivity contribution >= 4 is 0 Å². The zero-order valence-corrected chi connectivity index (χ0v) is 8.77. The highest BCUT2D eigenvalue weighted by atomic mass is 14.3. The van der Waals surface area contributed by atoms with Gasteiger partial charge >= 0.3 is 0 Å². The van der Waals surface area contributed by atoms with Crippen molar-refractivity contribution in [1.82, 2.24) is 0 Å². The van der Waals surface area contributed by atoms with E-state index >= 15 is 0 Å². The first-order valence-electron chi connectivity index (χ1n) is 5.30. The summed E-state index contributed by atoms with van der Waals surface area (Å²) < 4.78 is 0. The Morgan fingerprint density at radius 1 is 1.42 bits per heavy atom. The lowest BCUT2D eigenvalue weighted by Gasteiger charge is -2.34. The van der Waals surface area contributed by atoms with Crippen LogP contribution >= 0.6 is 0 Å². The van der Waals surface area contributed by atoms with Crippen molar-refractivity contribution in [1.29, 1.82) is 0 Å². The van der Waals surface area contributed by atoms with Gasteiger partial charge in [0.15, 0.2) is 0 Å². The van der Waals surface area contributed by atoms with Gasteiger partial charge in [0.25, 0.3) is 0 Å². The minimum absolute atomic E-state index is 0.825. The van der Waals surface area contributed by atoms with Crippen molar-refractivity contribution in [3.05, 3.63) is 12.2 Å². The van der Waals surface area contributed by atoms with Crippen LogP contribution in [0.3, 0.4) is 0 Å². The van der Waals surface area contributed by atoms with Crippen molar-refractivity contribution in [2.24, 2.45) is 17.8 Å². The second-order valence-electron chi connectivity index (χ2n) is 4.54. The molecule has 1 aliphatic rings.